The summed E-state index contributed by atoms with van der Waals surface area (Å²) < 4.78 is 12.2. The van der Waals surface area contributed by atoms with E-state index in [1.165, 1.54) is 0 Å². The number of fused-ring (bicyclic) bond motifs is 1. The number of likely N-dealkylation sites (N-methyl/N-ethyl adjacent to an activating group) is 1. The van der Waals surface area contributed by atoms with Crippen LogP contribution in [0.1, 0.15) is 6.42 Å². The summed E-state index contributed by atoms with van der Waals surface area (Å²) in [7, 11) is 3.95. The highest BCUT2D eigenvalue weighted by molar-refractivity contribution is 5.93. The van der Waals surface area contributed by atoms with Crippen LogP contribution in [-0.4, -0.2) is 70.7 Å². The number of pyridine rings is 1. The summed E-state index contributed by atoms with van der Waals surface area (Å²) in [4.78, 5) is 20.8. The molecule has 1 fully saturated rings. The van der Waals surface area contributed by atoms with Crippen LogP contribution in [-0.2, 0) is 4.79 Å². The number of nitrogens with one attached hydrogen (secondary N) is 2. The van der Waals surface area contributed by atoms with Crippen molar-refractivity contribution in [1.29, 1.82) is 0 Å². The van der Waals surface area contributed by atoms with Crippen molar-refractivity contribution in [2.24, 2.45) is 0 Å². The molecule has 5 rings (SSSR count). The van der Waals surface area contributed by atoms with E-state index in [1.807, 2.05) is 90.6 Å². The SMILES string of the molecule is CN(C)CC=CC(=O)N1CC[C@@H](Nc2n[nH]c3nccc(Oc4cccc(Oc5ccccc5)c4)c23)C1. The van der Waals surface area contributed by atoms with Crippen LogP contribution in [0.2, 0.25) is 0 Å². The van der Waals surface area contributed by atoms with Gasteiger partial charge in [0.1, 0.15) is 28.4 Å². The van der Waals surface area contributed by atoms with Crippen LogP contribution in [0.3, 0.4) is 0 Å². The highest BCUT2D eigenvalue weighted by Crippen LogP contribution is 2.35. The van der Waals surface area contributed by atoms with Crippen molar-refractivity contribution < 1.29 is 14.3 Å². The first-order valence-corrected chi connectivity index (χ1v) is 12.3. The fourth-order valence-corrected chi connectivity index (χ4v) is 4.21. The minimum atomic E-state index is 0.0290. The summed E-state index contributed by atoms with van der Waals surface area (Å²) in [5, 5.41) is 11.7. The molecule has 3 heterocycles. The van der Waals surface area contributed by atoms with Gasteiger partial charge in [-0.15, -0.1) is 0 Å². The molecule has 2 N–H and O–H groups in total. The summed E-state index contributed by atoms with van der Waals surface area (Å²) in [5.74, 6) is 3.36. The van der Waals surface area contributed by atoms with Gasteiger partial charge in [-0.25, -0.2) is 4.98 Å². The van der Waals surface area contributed by atoms with E-state index in [-0.39, 0.29) is 11.9 Å². The molecule has 0 saturated carbocycles. The Morgan fingerprint density at radius 2 is 1.89 bits per heavy atom. The molecular weight excluding hydrogens is 468 g/mol. The predicted molar refractivity (Wildman–Crippen MR) is 143 cm³/mol. The van der Waals surface area contributed by atoms with E-state index in [0.717, 1.165) is 24.1 Å². The molecule has 0 bridgehead atoms. The second kappa shape index (κ2) is 11.1. The third-order valence-corrected chi connectivity index (χ3v) is 6.01. The normalized spacial score (nSPS) is 15.5. The highest BCUT2D eigenvalue weighted by atomic mass is 16.5. The molecule has 2 aromatic carbocycles. The van der Waals surface area contributed by atoms with E-state index >= 15 is 0 Å². The summed E-state index contributed by atoms with van der Waals surface area (Å²) in [5.41, 5.74) is 0.620. The maximum Gasteiger partial charge on any atom is 0.246 e. The summed E-state index contributed by atoms with van der Waals surface area (Å²) >= 11 is 0. The van der Waals surface area contributed by atoms with E-state index in [2.05, 4.69) is 20.5 Å². The Kier molecular flexibility index (Phi) is 7.32. The van der Waals surface area contributed by atoms with Crippen LogP contribution in [0.25, 0.3) is 11.0 Å². The number of carbonyl (C=O) groups excluding carboxylic acids is 1. The zero-order valence-corrected chi connectivity index (χ0v) is 20.9. The van der Waals surface area contributed by atoms with Crippen LogP contribution in [0.5, 0.6) is 23.0 Å². The van der Waals surface area contributed by atoms with Crippen LogP contribution in [0.15, 0.2) is 79.0 Å². The van der Waals surface area contributed by atoms with Crippen molar-refractivity contribution in [3.63, 3.8) is 0 Å². The third kappa shape index (κ3) is 6.07. The highest BCUT2D eigenvalue weighted by Gasteiger charge is 2.26. The number of ether oxygens (including phenoxy) is 2. The number of carbonyl (C=O) groups is 1. The minimum Gasteiger partial charge on any atom is -0.457 e. The fraction of sp³-hybridized carbons (Fsp3) is 0.250. The maximum absolute atomic E-state index is 12.5. The number of aromatic amines is 1. The number of H-pyrrole nitrogens is 1. The largest absolute Gasteiger partial charge is 0.457 e. The van der Waals surface area contributed by atoms with Gasteiger partial charge in [-0.3, -0.25) is 9.89 Å². The maximum atomic E-state index is 12.5. The number of hydrogen-bond donors (Lipinski definition) is 2. The predicted octanol–water partition coefficient (Wildman–Crippen LogP) is 4.67. The zero-order valence-electron chi connectivity index (χ0n) is 20.9. The average molecular weight is 499 g/mol. The van der Waals surface area contributed by atoms with Crippen molar-refractivity contribution in [1.82, 2.24) is 25.0 Å². The fourth-order valence-electron chi connectivity index (χ4n) is 4.21. The molecule has 0 unspecified atom stereocenters. The number of aromatic nitrogens is 3. The first-order chi connectivity index (χ1) is 18.0. The van der Waals surface area contributed by atoms with Crippen molar-refractivity contribution in [2.75, 3.05) is 39.0 Å². The second-order valence-electron chi connectivity index (χ2n) is 9.18. The molecule has 1 aliphatic rings. The van der Waals surface area contributed by atoms with Crippen molar-refractivity contribution in [3.05, 3.63) is 79.0 Å². The van der Waals surface area contributed by atoms with E-state index < -0.39 is 0 Å². The van der Waals surface area contributed by atoms with Gasteiger partial charge in [0.2, 0.25) is 5.91 Å². The Hall–Kier alpha value is -4.37. The first-order valence-electron chi connectivity index (χ1n) is 12.3. The smallest absolute Gasteiger partial charge is 0.246 e. The number of likely N-dealkylation sites (tertiary alicyclic amines) is 1. The van der Waals surface area contributed by atoms with Gasteiger partial charge in [-0.05, 0) is 44.8 Å². The average Bonchev–Trinajstić information content (AvgIpc) is 3.53. The lowest BCUT2D eigenvalue weighted by Gasteiger charge is -2.16. The molecule has 1 saturated heterocycles. The Bertz CT molecular complexity index is 1390. The molecule has 37 heavy (non-hydrogen) atoms. The summed E-state index contributed by atoms with van der Waals surface area (Å²) in [6, 6.07) is 19.0. The molecule has 0 radical (unpaired) electrons. The standard InChI is InChI=1S/C28H30N6O3/c1-33(2)16-7-12-25(35)34-17-14-20(19-34)30-28-26-24(13-15-29-27(26)31-32-28)37-23-11-6-10-22(18-23)36-21-8-4-3-5-9-21/h3-13,15,18,20H,14,16-17,19H2,1-2H3,(H2,29,30,31,32)/t20-/m1/s1. The molecule has 1 amide bonds. The Balaban J connectivity index is 1.29. The molecule has 0 aliphatic carbocycles. The van der Waals surface area contributed by atoms with Gasteiger partial charge in [-0.1, -0.05) is 30.3 Å². The topological polar surface area (TPSA) is 95.6 Å². The van der Waals surface area contributed by atoms with Crippen LogP contribution < -0.4 is 14.8 Å². The van der Waals surface area contributed by atoms with Crippen LogP contribution in [0, 0.1) is 0 Å². The van der Waals surface area contributed by atoms with Crippen molar-refractivity contribution in [2.45, 2.75) is 12.5 Å². The lowest BCUT2D eigenvalue weighted by atomic mass is 10.2. The first kappa shape index (κ1) is 24.3. The Labute approximate surface area is 215 Å². The van der Waals surface area contributed by atoms with E-state index in [4.69, 9.17) is 9.47 Å². The van der Waals surface area contributed by atoms with Crippen LogP contribution >= 0.6 is 0 Å². The number of para-hydroxylation sites is 1. The van der Waals surface area contributed by atoms with Gasteiger partial charge in [0.05, 0.1) is 0 Å². The lowest BCUT2D eigenvalue weighted by molar-refractivity contribution is -0.125. The number of rotatable bonds is 9. The van der Waals surface area contributed by atoms with E-state index in [9.17, 15) is 4.79 Å². The molecule has 0 spiro atoms. The molecule has 4 aromatic rings. The molecule has 9 nitrogen and oxygen atoms in total. The van der Waals surface area contributed by atoms with Gasteiger partial charge in [0, 0.05) is 50.1 Å². The summed E-state index contributed by atoms with van der Waals surface area (Å²) in [6.45, 7) is 2.04. The molecule has 2 aromatic heterocycles. The van der Waals surface area contributed by atoms with E-state index in [1.54, 1.807) is 12.3 Å². The number of hydrogen-bond acceptors (Lipinski definition) is 7. The van der Waals surface area contributed by atoms with Gasteiger partial charge < -0.3 is 24.6 Å². The third-order valence-electron chi connectivity index (χ3n) is 6.01. The Morgan fingerprint density at radius 3 is 2.70 bits per heavy atom. The monoisotopic (exact) mass is 498 g/mol. The number of anilines is 1. The van der Waals surface area contributed by atoms with Crippen molar-refractivity contribution >= 4 is 22.8 Å². The van der Waals surface area contributed by atoms with Gasteiger partial charge in [0.15, 0.2) is 11.5 Å². The summed E-state index contributed by atoms with van der Waals surface area (Å²) in [6.07, 6.45) is 6.05. The number of amides is 1. The quantitative estimate of drug-likeness (QED) is 0.324. The van der Waals surface area contributed by atoms with Gasteiger partial charge >= 0.3 is 0 Å². The number of nitrogens with zero attached hydrogens (tertiary/aromatic N) is 4. The number of benzene rings is 2. The molecule has 1 atom stereocenters. The minimum absolute atomic E-state index is 0.0290. The molecule has 190 valence electrons. The molecule has 1 aliphatic heterocycles. The van der Waals surface area contributed by atoms with Gasteiger partial charge in [0.25, 0.3) is 0 Å². The van der Waals surface area contributed by atoms with Crippen molar-refractivity contribution in [3.8, 4) is 23.0 Å². The Morgan fingerprint density at radius 1 is 1.11 bits per heavy atom. The second-order valence-corrected chi connectivity index (χ2v) is 9.18. The zero-order chi connectivity index (χ0) is 25.6. The van der Waals surface area contributed by atoms with E-state index in [0.29, 0.717) is 41.8 Å². The molecule has 9 heteroatoms. The van der Waals surface area contributed by atoms with Crippen LogP contribution in [0.4, 0.5) is 5.82 Å². The molecular formula is C28H30N6O3. The van der Waals surface area contributed by atoms with Gasteiger partial charge in [-0.2, -0.15) is 5.10 Å². The lowest BCUT2D eigenvalue weighted by Crippen LogP contribution is -2.30.